The van der Waals surface area contributed by atoms with Crippen molar-refractivity contribution in [3.8, 4) is 0 Å². The molecule has 2 heteroatoms. The molecule has 110 valence electrons. The van der Waals surface area contributed by atoms with Gasteiger partial charge in [0.1, 0.15) is 5.75 Å². The monoisotopic (exact) mass is 307 g/mol. The van der Waals surface area contributed by atoms with E-state index in [0.717, 1.165) is 11.3 Å². The van der Waals surface area contributed by atoms with E-state index >= 15 is 0 Å². The second-order valence-electron chi connectivity index (χ2n) is 5.22. The van der Waals surface area contributed by atoms with Crippen LogP contribution in [0.1, 0.15) is 17.3 Å². The zero-order chi connectivity index (χ0) is 15.4. The van der Waals surface area contributed by atoms with Crippen LogP contribution in [0.5, 0.6) is 0 Å². The molecule has 0 aliphatic carbocycles. The van der Waals surface area contributed by atoms with Gasteiger partial charge < -0.3 is 0 Å². The summed E-state index contributed by atoms with van der Waals surface area (Å²) in [5, 5.41) is 2.50. The molecule has 0 aromatic heterocycles. The first-order chi connectivity index (χ1) is 10.8. The quantitative estimate of drug-likeness (QED) is 0.492. The van der Waals surface area contributed by atoms with Crippen LogP contribution in [0.2, 0.25) is 0 Å². The van der Waals surface area contributed by atoms with Crippen molar-refractivity contribution in [3.63, 3.8) is 0 Å². The van der Waals surface area contributed by atoms with Crippen LogP contribution in [0.25, 0.3) is 10.8 Å². The number of hydrogen-bond acceptors (Lipinski definition) is 1. The summed E-state index contributed by atoms with van der Waals surface area (Å²) < 4.78 is 0. The Morgan fingerprint density at radius 1 is 0.864 bits per heavy atom. The molecule has 3 aromatic carbocycles. The number of Topliss-reactive ketones (excluding diaryl/α,β-unsaturated/α-hetero) is 1. The maximum atomic E-state index is 12.5. The summed E-state index contributed by atoms with van der Waals surface area (Å²) in [6.07, 6.45) is 0. The molecule has 0 aliphatic heterocycles. The third-order valence-corrected chi connectivity index (χ3v) is 6.03. The molecule has 3 aromatic rings. The Bertz CT molecular complexity index is 780. The smallest absolute Gasteiger partial charge is 0.212 e. The minimum atomic E-state index is -0.0310. The molecule has 0 N–H and O–H groups in total. The van der Waals surface area contributed by atoms with E-state index < -0.39 is 0 Å². The molecular weight excluding hydrogens is 288 g/mol. The van der Waals surface area contributed by atoms with Gasteiger partial charge in [0.25, 0.3) is 0 Å². The molecule has 0 radical (unpaired) electrons. The molecule has 0 fully saturated rings. The van der Waals surface area contributed by atoms with E-state index in [1.54, 1.807) is 0 Å². The van der Waals surface area contributed by atoms with E-state index in [9.17, 15) is 4.79 Å². The van der Waals surface area contributed by atoms with Crippen LogP contribution in [0.3, 0.4) is 0 Å². The van der Waals surface area contributed by atoms with Crippen LogP contribution in [-0.4, -0.2) is 17.3 Å². The first-order valence-electron chi connectivity index (χ1n) is 7.52. The summed E-state index contributed by atoms with van der Waals surface area (Å²) in [6.45, 7) is 2.16. The summed E-state index contributed by atoms with van der Waals surface area (Å²) in [6, 6.07) is 24.5. The average Bonchev–Trinajstić information content (AvgIpc) is 2.59. The molecule has 0 aliphatic rings. The van der Waals surface area contributed by atoms with E-state index in [1.165, 1.54) is 15.7 Å². The topological polar surface area (TPSA) is 17.1 Å². The number of fused-ring (bicyclic) bond motifs is 1. The van der Waals surface area contributed by atoms with Crippen LogP contribution >= 0.6 is 0 Å². The first kappa shape index (κ1) is 14.9. The van der Waals surface area contributed by atoms with Crippen molar-refractivity contribution in [1.29, 1.82) is 0 Å². The molecule has 22 heavy (non-hydrogen) atoms. The normalized spacial score (nSPS) is 12.2. The number of hydrogen-bond donors (Lipinski definition) is 0. The van der Waals surface area contributed by atoms with Crippen molar-refractivity contribution >= 4 is 27.5 Å². The Hall–Kier alpha value is -2.06. The summed E-state index contributed by atoms with van der Waals surface area (Å²) in [7, 11) is -0.0310. The first-order valence-corrected chi connectivity index (χ1v) is 9.09. The van der Waals surface area contributed by atoms with E-state index in [0.29, 0.717) is 5.75 Å². The zero-order valence-electron chi connectivity index (χ0n) is 12.7. The average molecular weight is 307 g/mol. The van der Waals surface area contributed by atoms with Crippen LogP contribution in [0.15, 0.2) is 77.7 Å². The third kappa shape index (κ3) is 3.23. The molecule has 0 bridgehead atoms. The van der Waals surface area contributed by atoms with Crippen LogP contribution < -0.4 is 0 Å². The second kappa shape index (κ2) is 6.80. The fraction of sp³-hybridized carbons (Fsp3) is 0.150. The highest BCUT2D eigenvalue weighted by Gasteiger charge is 2.24. The molecule has 3 rings (SSSR count). The van der Waals surface area contributed by atoms with Gasteiger partial charge in [-0.3, -0.25) is 4.79 Å². The largest absolute Gasteiger partial charge is 0.289 e. The summed E-state index contributed by atoms with van der Waals surface area (Å²) in [5.41, 5.74) is 0.814. The summed E-state index contributed by atoms with van der Waals surface area (Å²) >= 11 is 0. The van der Waals surface area contributed by atoms with Crippen LogP contribution in [0.4, 0.5) is 0 Å². The molecule has 0 spiro atoms. The minimum Gasteiger partial charge on any atom is -0.289 e. The van der Waals surface area contributed by atoms with E-state index in [-0.39, 0.29) is 16.7 Å². The van der Waals surface area contributed by atoms with E-state index in [2.05, 4.69) is 49.4 Å². The van der Waals surface area contributed by atoms with Gasteiger partial charge in [-0.1, -0.05) is 54.6 Å². The fourth-order valence-electron chi connectivity index (χ4n) is 2.56. The molecule has 1 unspecified atom stereocenters. The number of ketones is 1. The number of benzene rings is 3. The molecule has 0 amide bonds. The lowest BCUT2D eigenvalue weighted by Crippen LogP contribution is -2.18. The van der Waals surface area contributed by atoms with Crippen LogP contribution in [-0.2, 0) is 10.9 Å². The number of carbonyl (C=O) groups excluding carboxylic acids is 1. The van der Waals surface area contributed by atoms with Crippen molar-refractivity contribution in [2.75, 3.05) is 11.5 Å². The van der Waals surface area contributed by atoms with Gasteiger partial charge in [-0.15, -0.1) is 0 Å². The van der Waals surface area contributed by atoms with Gasteiger partial charge in [0.15, 0.2) is 10.6 Å². The van der Waals surface area contributed by atoms with Gasteiger partial charge in [-0.25, -0.2) is 0 Å². The Balaban J connectivity index is 1.85. The highest BCUT2D eigenvalue weighted by Crippen LogP contribution is 2.22. The zero-order valence-corrected chi connectivity index (χ0v) is 13.5. The molecular formula is C20H19OS+. The lowest BCUT2D eigenvalue weighted by molar-refractivity contribution is 0.102. The van der Waals surface area contributed by atoms with Gasteiger partial charge in [0, 0.05) is 22.5 Å². The fourth-order valence-corrected chi connectivity index (χ4v) is 4.31. The molecule has 0 saturated heterocycles. The van der Waals surface area contributed by atoms with E-state index in [1.807, 2.05) is 30.3 Å². The van der Waals surface area contributed by atoms with Gasteiger partial charge in [-0.05, 0) is 29.8 Å². The Morgan fingerprint density at radius 2 is 1.55 bits per heavy atom. The maximum Gasteiger partial charge on any atom is 0.212 e. The Kier molecular flexibility index (Phi) is 4.59. The van der Waals surface area contributed by atoms with Crippen molar-refractivity contribution in [2.45, 2.75) is 11.8 Å². The van der Waals surface area contributed by atoms with Crippen molar-refractivity contribution < 1.29 is 4.79 Å². The minimum absolute atomic E-state index is 0.0310. The second-order valence-corrected chi connectivity index (χ2v) is 7.55. The van der Waals surface area contributed by atoms with Crippen molar-refractivity contribution in [1.82, 2.24) is 0 Å². The number of carbonyl (C=O) groups is 1. The van der Waals surface area contributed by atoms with Crippen molar-refractivity contribution in [2.24, 2.45) is 0 Å². The lowest BCUT2D eigenvalue weighted by atomic mass is 10.1. The Morgan fingerprint density at radius 3 is 2.27 bits per heavy atom. The van der Waals surface area contributed by atoms with Crippen molar-refractivity contribution in [3.05, 3.63) is 78.4 Å². The third-order valence-electron chi connectivity index (χ3n) is 3.80. The maximum absolute atomic E-state index is 12.5. The SMILES string of the molecule is CC[S+](CC(=O)c1ccccc1)c1ccc2ccccc2c1. The summed E-state index contributed by atoms with van der Waals surface area (Å²) in [5.74, 6) is 1.83. The highest BCUT2D eigenvalue weighted by molar-refractivity contribution is 7.97. The standard InChI is InChI=1S/C20H19OS/c1-2-22(15-20(21)17-9-4-3-5-10-17)19-13-12-16-8-6-7-11-18(16)14-19/h3-14H,2,15H2,1H3/q+1. The molecule has 1 atom stereocenters. The predicted molar refractivity (Wildman–Crippen MR) is 95.8 cm³/mol. The molecule has 0 heterocycles. The highest BCUT2D eigenvalue weighted by atomic mass is 32.2. The predicted octanol–water partition coefficient (Wildman–Crippen LogP) is 4.72. The van der Waals surface area contributed by atoms with E-state index in [4.69, 9.17) is 0 Å². The van der Waals surface area contributed by atoms with Gasteiger partial charge in [-0.2, -0.15) is 0 Å². The van der Waals surface area contributed by atoms with Crippen LogP contribution in [0, 0.1) is 0 Å². The summed E-state index contributed by atoms with van der Waals surface area (Å²) in [4.78, 5) is 13.7. The molecule has 0 saturated carbocycles. The van der Waals surface area contributed by atoms with Gasteiger partial charge in [0.05, 0.1) is 0 Å². The Labute approximate surface area is 134 Å². The molecule has 1 nitrogen and oxygen atoms in total. The van der Waals surface area contributed by atoms with Gasteiger partial charge in [0.2, 0.25) is 5.78 Å². The van der Waals surface area contributed by atoms with Gasteiger partial charge >= 0.3 is 0 Å². The lowest BCUT2D eigenvalue weighted by Gasteiger charge is -2.07. The number of rotatable bonds is 5.